The van der Waals surface area contributed by atoms with E-state index in [1.807, 2.05) is 0 Å². The highest BCUT2D eigenvalue weighted by atomic mass is 19.1. The Labute approximate surface area is 180 Å². The summed E-state index contributed by atoms with van der Waals surface area (Å²) < 4.78 is 23.8. The van der Waals surface area contributed by atoms with Gasteiger partial charge in [-0.05, 0) is 11.6 Å². The first-order chi connectivity index (χ1) is 14.7. The van der Waals surface area contributed by atoms with E-state index in [-0.39, 0.29) is 27.6 Å². The van der Waals surface area contributed by atoms with Crippen molar-refractivity contribution in [3.05, 3.63) is 52.9 Å². The van der Waals surface area contributed by atoms with Crippen molar-refractivity contribution in [3.8, 4) is 0 Å². The fourth-order valence-corrected chi connectivity index (χ4v) is 3.84. The zero-order valence-electron chi connectivity index (χ0n) is 16.9. The highest BCUT2D eigenvalue weighted by Crippen LogP contribution is 2.32. The summed E-state index contributed by atoms with van der Waals surface area (Å²) in [4.78, 5) is 32.0. The van der Waals surface area contributed by atoms with E-state index >= 15 is 0 Å². The van der Waals surface area contributed by atoms with E-state index < -0.39 is 12.7 Å². The summed E-state index contributed by atoms with van der Waals surface area (Å²) in [5, 5.41) is 0.812. The molecule has 0 aromatic carbocycles. The van der Waals surface area contributed by atoms with Gasteiger partial charge in [-0.25, -0.2) is 14.4 Å². The molecule has 2 aliphatic heterocycles. The van der Waals surface area contributed by atoms with Crippen molar-refractivity contribution < 1.29 is 28.1 Å². The molecule has 3 aromatic heterocycles. The van der Waals surface area contributed by atoms with Crippen LogP contribution in [0.25, 0.3) is 10.9 Å². The molecule has 1 fully saturated rings. The Bertz CT molecular complexity index is 1130. The Morgan fingerprint density at radius 3 is 2.69 bits per heavy atom. The van der Waals surface area contributed by atoms with E-state index in [1.165, 1.54) is 12.4 Å². The molecule has 0 saturated carbocycles. The van der Waals surface area contributed by atoms with Crippen molar-refractivity contribution in [2.24, 2.45) is 0 Å². The summed E-state index contributed by atoms with van der Waals surface area (Å²) in [6, 6.07) is 1.31. The molecule has 2 aliphatic rings. The third-order valence-corrected chi connectivity index (χ3v) is 5.43. The minimum Gasteiger partial charge on any atom is -0.383 e. The Morgan fingerprint density at radius 1 is 1.12 bits per heavy atom. The molecule has 0 unspecified atom stereocenters. The third-order valence-electron chi connectivity index (χ3n) is 5.43. The van der Waals surface area contributed by atoms with Crippen LogP contribution in [0.1, 0.15) is 39.0 Å². The van der Waals surface area contributed by atoms with Crippen molar-refractivity contribution in [3.63, 3.8) is 0 Å². The fraction of sp³-hybridized carbons (Fsp3) is 0.350. The van der Waals surface area contributed by atoms with Gasteiger partial charge in [0.2, 0.25) is 0 Å². The maximum atomic E-state index is 13.3. The summed E-state index contributed by atoms with van der Waals surface area (Å²) in [6.45, 7) is 1.22. The van der Waals surface area contributed by atoms with Gasteiger partial charge in [0, 0.05) is 17.5 Å². The number of hydrogen-bond acceptors (Lipinski definition) is 8. The van der Waals surface area contributed by atoms with Crippen LogP contribution in [0.3, 0.4) is 0 Å². The Kier molecular flexibility index (Phi) is 6.84. The van der Waals surface area contributed by atoms with Crippen LogP contribution < -0.4 is 5.73 Å². The number of halogens is 3. The highest BCUT2D eigenvalue weighted by Gasteiger charge is 2.32. The van der Waals surface area contributed by atoms with Crippen LogP contribution in [-0.2, 0) is 29.4 Å². The number of amides is 1. The first-order valence-electron chi connectivity index (χ1n) is 9.56. The second-order valence-electron chi connectivity index (χ2n) is 7.19. The lowest BCUT2D eigenvalue weighted by Gasteiger charge is -2.34. The number of nitrogens with two attached hydrogens (primary N) is 1. The first kappa shape index (κ1) is 23.3. The number of aromatic nitrogens is 4. The monoisotopic (exact) mass is 450 g/mol. The molecule has 1 amide bonds. The number of morpholine rings is 1. The van der Waals surface area contributed by atoms with E-state index in [1.54, 1.807) is 17.2 Å². The second-order valence-corrected chi connectivity index (χ2v) is 7.19. The van der Waals surface area contributed by atoms with Crippen molar-refractivity contribution in [2.75, 3.05) is 25.5 Å². The van der Waals surface area contributed by atoms with E-state index in [4.69, 9.17) is 15.2 Å². The van der Waals surface area contributed by atoms with Crippen LogP contribution in [0.15, 0.2) is 24.7 Å². The van der Waals surface area contributed by atoms with E-state index in [9.17, 15) is 9.18 Å². The van der Waals surface area contributed by atoms with Gasteiger partial charge in [-0.3, -0.25) is 24.2 Å². The number of nitrogens with zero attached hydrogens (tertiary/aromatic N) is 5. The number of nitrogen functional groups attached to an aromatic ring is 1. The Balaban J connectivity index is 0.00000144. The van der Waals surface area contributed by atoms with Crippen molar-refractivity contribution in [2.45, 2.75) is 25.9 Å². The van der Waals surface area contributed by atoms with Gasteiger partial charge in [-0.1, -0.05) is 0 Å². The number of carbonyl (C=O) groups is 1. The molecule has 1 saturated heterocycles. The van der Waals surface area contributed by atoms with E-state index in [0.717, 1.165) is 16.5 Å². The first-order valence-corrected chi connectivity index (χ1v) is 9.56. The number of fused-ring (bicyclic) bond motifs is 3. The molecular formula is C20H21F3N6O3. The molecule has 0 bridgehead atoms. The SMILES string of the molecule is F.F.Nc1nc2cnc(C(=O)N3CCOC[C@H]3c3cnc(CF)cn3)cc2c2c1COC2. The predicted molar refractivity (Wildman–Crippen MR) is 109 cm³/mol. The standard InChI is InChI=1S/C20H19FN6O3.2FH/c21-4-11-5-24-17(7-23-11)18-10-29-2-1-27(18)20(28)15-3-12-13-8-30-9-14(13)19(22)26-16(12)6-25-15;;/h3,5-7,18H,1-2,4,8-10H2,(H2,22,26);2*1H/t18-;;/m0../s1. The number of anilines is 1. The van der Waals surface area contributed by atoms with Crippen LogP contribution >= 0.6 is 0 Å². The van der Waals surface area contributed by atoms with Gasteiger partial charge in [0.25, 0.3) is 5.91 Å². The zero-order valence-corrected chi connectivity index (χ0v) is 16.9. The molecule has 170 valence electrons. The van der Waals surface area contributed by atoms with Crippen molar-refractivity contribution in [1.82, 2.24) is 24.8 Å². The maximum absolute atomic E-state index is 13.3. The lowest BCUT2D eigenvalue weighted by Crippen LogP contribution is -2.44. The van der Waals surface area contributed by atoms with E-state index in [2.05, 4.69) is 19.9 Å². The molecule has 0 aliphatic carbocycles. The topological polar surface area (TPSA) is 116 Å². The number of alkyl halides is 1. The molecule has 5 rings (SSSR count). The molecule has 32 heavy (non-hydrogen) atoms. The molecule has 0 spiro atoms. The lowest BCUT2D eigenvalue weighted by atomic mass is 10.0. The molecule has 1 atom stereocenters. The van der Waals surface area contributed by atoms with Gasteiger partial charge in [-0.2, -0.15) is 0 Å². The minimum atomic E-state index is -0.690. The zero-order chi connectivity index (χ0) is 20.7. The van der Waals surface area contributed by atoms with Crippen LogP contribution in [0.2, 0.25) is 0 Å². The molecule has 5 heterocycles. The molecule has 2 N–H and O–H groups in total. The van der Waals surface area contributed by atoms with Crippen LogP contribution in [0.4, 0.5) is 19.6 Å². The molecule has 0 radical (unpaired) electrons. The van der Waals surface area contributed by atoms with Gasteiger partial charge in [0.1, 0.15) is 18.2 Å². The average molecular weight is 450 g/mol. The van der Waals surface area contributed by atoms with Gasteiger partial charge >= 0.3 is 0 Å². The number of pyridine rings is 2. The molecule has 12 heteroatoms. The summed E-state index contributed by atoms with van der Waals surface area (Å²) >= 11 is 0. The number of hydrogen-bond donors (Lipinski definition) is 1. The number of carbonyl (C=O) groups excluding carboxylic acids is 1. The van der Waals surface area contributed by atoms with Crippen LogP contribution in [0.5, 0.6) is 0 Å². The number of ether oxygens (including phenoxy) is 2. The van der Waals surface area contributed by atoms with Gasteiger partial charge in [-0.15, -0.1) is 0 Å². The highest BCUT2D eigenvalue weighted by molar-refractivity contribution is 5.97. The van der Waals surface area contributed by atoms with Crippen LogP contribution in [0, 0.1) is 0 Å². The summed E-state index contributed by atoms with van der Waals surface area (Å²) in [7, 11) is 0. The molecule has 9 nitrogen and oxygen atoms in total. The normalized spacial score (nSPS) is 17.4. The Hall–Kier alpha value is -3.38. The maximum Gasteiger partial charge on any atom is 0.273 e. The van der Waals surface area contributed by atoms with Crippen LogP contribution in [-0.4, -0.2) is 50.5 Å². The number of rotatable bonds is 3. The average Bonchev–Trinajstić information content (AvgIpc) is 3.30. The molecular weight excluding hydrogens is 429 g/mol. The van der Waals surface area contributed by atoms with Gasteiger partial charge in [0.15, 0.2) is 0 Å². The summed E-state index contributed by atoms with van der Waals surface area (Å²) in [5.41, 5.74) is 9.53. The Morgan fingerprint density at radius 2 is 1.94 bits per heavy atom. The third kappa shape index (κ3) is 3.94. The van der Waals surface area contributed by atoms with Gasteiger partial charge in [0.05, 0.1) is 68.0 Å². The van der Waals surface area contributed by atoms with Gasteiger partial charge < -0.3 is 20.1 Å². The smallest absolute Gasteiger partial charge is 0.273 e. The summed E-state index contributed by atoms with van der Waals surface area (Å²) in [6.07, 6.45) is 4.42. The largest absolute Gasteiger partial charge is 0.383 e. The lowest BCUT2D eigenvalue weighted by molar-refractivity contribution is -0.00432. The summed E-state index contributed by atoms with van der Waals surface area (Å²) in [5.74, 6) is 0.186. The predicted octanol–water partition coefficient (Wildman–Crippen LogP) is 2.02. The van der Waals surface area contributed by atoms with E-state index in [0.29, 0.717) is 49.1 Å². The quantitative estimate of drug-likeness (QED) is 0.644. The van der Waals surface area contributed by atoms with Crippen molar-refractivity contribution in [1.29, 1.82) is 0 Å². The fourth-order valence-electron chi connectivity index (χ4n) is 3.84. The molecule has 3 aromatic rings. The van der Waals surface area contributed by atoms with Crippen molar-refractivity contribution >= 4 is 22.6 Å². The second kappa shape index (κ2) is 9.40. The minimum absolute atomic E-state index is 0.